The van der Waals surface area contributed by atoms with Gasteiger partial charge in [0.05, 0.1) is 11.8 Å². The Morgan fingerprint density at radius 1 is 1.50 bits per heavy atom. The van der Waals surface area contributed by atoms with E-state index in [-0.39, 0.29) is 11.2 Å². The highest BCUT2D eigenvalue weighted by Crippen LogP contribution is 2.24. The van der Waals surface area contributed by atoms with Crippen LogP contribution >= 0.6 is 0 Å². The van der Waals surface area contributed by atoms with E-state index >= 15 is 0 Å². The molecule has 0 amide bonds. The molecule has 84 valence electrons. The highest BCUT2D eigenvalue weighted by atomic mass is 16.1. The Morgan fingerprint density at radius 2 is 2.19 bits per heavy atom. The second-order valence-electron chi connectivity index (χ2n) is 5.02. The van der Waals surface area contributed by atoms with Gasteiger partial charge in [0.1, 0.15) is 5.92 Å². The van der Waals surface area contributed by atoms with Gasteiger partial charge in [0.25, 0.3) is 0 Å². The first kappa shape index (κ1) is 12.4. The van der Waals surface area contributed by atoms with Crippen LogP contribution in [0.2, 0.25) is 0 Å². The zero-order chi connectivity index (χ0) is 12.2. The van der Waals surface area contributed by atoms with E-state index in [1.807, 2.05) is 26.8 Å². The summed E-state index contributed by atoms with van der Waals surface area (Å²) in [4.78, 5) is 16.0. The van der Waals surface area contributed by atoms with Crippen LogP contribution in [-0.4, -0.2) is 10.8 Å². The van der Waals surface area contributed by atoms with Gasteiger partial charge in [-0.1, -0.05) is 26.8 Å². The average molecular weight is 216 g/mol. The zero-order valence-corrected chi connectivity index (χ0v) is 9.90. The van der Waals surface area contributed by atoms with Crippen LogP contribution in [0.4, 0.5) is 0 Å². The lowest BCUT2D eigenvalue weighted by atomic mass is 9.85. The average Bonchev–Trinajstić information content (AvgIpc) is 2.17. The van der Waals surface area contributed by atoms with Crippen molar-refractivity contribution in [2.24, 2.45) is 5.41 Å². The molecule has 1 heterocycles. The molecule has 0 bridgehead atoms. The molecule has 1 unspecified atom stereocenters. The van der Waals surface area contributed by atoms with Crippen LogP contribution in [0.5, 0.6) is 0 Å². The molecule has 0 N–H and O–H groups in total. The Labute approximate surface area is 96.1 Å². The number of Topliss-reactive ketones (excluding diaryl/α,β-unsaturated/α-hetero) is 1. The second-order valence-corrected chi connectivity index (χ2v) is 5.02. The quantitative estimate of drug-likeness (QED) is 0.780. The van der Waals surface area contributed by atoms with E-state index in [9.17, 15) is 4.79 Å². The fourth-order valence-electron chi connectivity index (χ4n) is 1.47. The highest BCUT2D eigenvalue weighted by molar-refractivity contribution is 5.88. The van der Waals surface area contributed by atoms with Crippen molar-refractivity contribution in [3.05, 3.63) is 30.1 Å². The molecule has 1 aromatic heterocycles. The number of carbonyl (C=O) groups excluding carboxylic acids is 1. The first-order valence-electron chi connectivity index (χ1n) is 5.27. The van der Waals surface area contributed by atoms with Crippen molar-refractivity contribution < 1.29 is 4.79 Å². The van der Waals surface area contributed by atoms with Gasteiger partial charge in [0, 0.05) is 12.6 Å². The van der Waals surface area contributed by atoms with Crippen molar-refractivity contribution in [2.45, 2.75) is 33.1 Å². The van der Waals surface area contributed by atoms with Crippen molar-refractivity contribution in [3.63, 3.8) is 0 Å². The second kappa shape index (κ2) is 4.89. The van der Waals surface area contributed by atoms with Gasteiger partial charge in [0.15, 0.2) is 5.78 Å². The van der Waals surface area contributed by atoms with E-state index in [1.54, 1.807) is 24.4 Å². The molecule has 0 aliphatic carbocycles. The van der Waals surface area contributed by atoms with Crippen LogP contribution in [0.15, 0.2) is 24.4 Å². The van der Waals surface area contributed by atoms with Gasteiger partial charge in [0.2, 0.25) is 0 Å². The largest absolute Gasteiger partial charge is 0.298 e. The number of hydrogen-bond donors (Lipinski definition) is 0. The Morgan fingerprint density at radius 3 is 2.62 bits per heavy atom. The van der Waals surface area contributed by atoms with E-state index in [0.717, 1.165) is 0 Å². The van der Waals surface area contributed by atoms with Crippen LogP contribution in [0.3, 0.4) is 0 Å². The Balaban J connectivity index is 2.85. The third-order valence-corrected chi connectivity index (χ3v) is 2.14. The zero-order valence-electron chi connectivity index (χ0n) is 9.90. The SMILES string of the molecule is CC(C)(C)CC(=O)C(C#N)c1ccccn1. The minimum Gasteiger partial charge on any atom is -0.298 e. The summed E-state index contributed by atoms with van der Waals surface area (Å²) in [7, 11) is 0. The van der Waals surface area contributed by atoms with E-state index in [2.05, 4.69) is 4.98 Å². The molecule has 1 rings (SSSR count). The molecule has 0 aromatic carbocycles. The summed E-state index contributed by atoms with van der Waals surface area (Å²) in [5, 5.41) is 9.04. The number of aromatic nitrogens is 1. The summed E-state index contributed by atoms with van der Waals surface area (Å²) in [5.41, 5.74) is 0.445. The van der Waals surface area contributed by atoms with Crippen LogP contribution in [0.1, 0.15) is 38.8 Å². The first-order valence-corrected chi connectivity index (χ1v) is 5.27. The highest BCUT2D eigenvalue weighted by Gasteiger charge is 2.25. The summed E-state index contributed by atoms with van der Waals surface area (Å²) in [6.07, 6.45) is 1.99. The fraction of sp³-hybridized carbons (Fsp3) is 0.462. The molecule has 0 fully saturated rings. The summed E-state index contributed by atoms with van der Waals surface area (Å²) in [6, 6.07) is 7.30. The normalized spacial score (nSPS) is 12.9. The number of rotatable bonds is 3. The van der Waals surface area contributed by atoms with Gasteiger partial charge in [-0.3, -0.25) is 9.78 Å². The molecule has 0 saturated carbocycles. The lowest BCUT2D eigenvalue weighted by molar-refractivity contribution is -0.121. The monoisotopic (exact) mass is 216 g/mol. The standard InChI is InChI=1S/C13H16N2O/c1-13(2,3)8-12(16)10(9-14)11-6-4-5-7-15-11/h4-7,10H,8H2,1-3H3. The number of nitriles is 1. The third kappa shape index (κ3) is 3.47. The molecular formula is C13H16N2O. The van der Waals surface area contributed by atoms with Crippen LogP contribution in [-0.2, 0) is 4.79 Å². The number of carbonyl (C=O) groups is 1. The van der Waals surface area contributed by atoms with Gasteiger partial charge < -0.3 is 0 Å². The Hall–Kier alpha value is -1.69. The maximum Gasteiger partial charge on any atom is 0.156 e. The van der Waals surface area contributed by atoms with Crippen LogP contribution < -0.4 is 0 Å². The number of ketones is 1. The topological polar surface area (TPSA) is 53.8 Å². The fourth-order valence-corrected chi connectivity index (χ4v) is 1.47. The van der Waals surface area contributed by atoms with E-state index in [0.29, 0.717) is 12.1 Å². The van der Waals surface area contributed by atoms with Crippen LogP contribution in [0.25, 0.3) is 0 Å². The van der Waals surface area contributed by atoms with Crippen molar-refractivity contribution in [1.29, 1.82) is 5.26 Å². The maximum atomic E-state index is 11.9. The summed E-state index contributed by atoms with van der Waals surface area (Å²) >= 11 is 0. The summed E-state index contributed by atoms with van der Waals surface area (Å²) < 4.78 is 0. The molecule has 16 heavy (non-hydrogen) atoms. The molecule has 3 nitrogen and oxygen atoms in total. The Kier molecular flexibility index (Phi) is 3.78. The van der Waals surface area contributed by atoms with Gasteiger partial charge in [-0.2, -0.15) is 5.26 Å². The summed E-state index contributed by atoms with van der Waals surface area (Å²) in [5.74, 6) is -0.797. The molecular weight excluding hydrogens is 200 g/mol. The van der Waals surface area contributed by atoms with Crippen molar-refractivity contribution >= 4 is 5.78 Å². The minimum absolute atomic E-state index is 0.0614. The van der Waals surface area contributed by atoms with E-state index in [1.165, 1.54) is 0 Å². The first-order chi connectivity index (χ1) is 7.44. The molecule has 0 saturated heterocycles. The number of nitrogens with zero attached hydrogens (tertiary/aromatic N) is 2. The molecule has 3 heteroatoms. The molecule has 0 spiro atoms. The van der Waals surface area contributed by atoms with Gasteiger partial charge >= 0.3 is 0 Å². The summed E-state index contributed by atoms with van der Waals surface area (Å²) in [6.45, 7) is 5.95. The van der Waals surface area contributed by atoms with Crippen molar-refractivity contribution in [1.82, 2.24) is 4.98 Å². The van der Waals surface area contributed by atoms with Gasteiger partial charge in [-0.15, -0.1) is 0 Å². The van der Waals surface area contributed by atoms with Crippen LogP contribution in [0, 0.1) is 16.7 Å². The van der Waals surface area contributed by atoms with Gasteiger partial charge in [-0.25, -0.2) is 0 Å². The predicted molar refractivity (Wildman–Crippen MR) is 61.7 cm³/mol. The van der Waals surface area contributed by atoms with Crippen molar-refractivity contribution in [2.75, 3.05) is 0 Å². The molecule has 0 aliphatic heterocycles. The van der Waals surface area contributed by atoms with E-state index < -0.39 is 5.92 Å². The molecule has 0 radical (unpaired) electrons. The Bertz CT molecular complexity index is 398. The lowest BCUT2D eigenvalue weighted by Crippen LogP contribution is -2.19. The number of pyridine rings is 1. The smallest absolute Gasteiger partial charge is 0.156 e. The maximum absolute atomic E-state index is 11.9. The molecule has 1 atom stereocenters. The minimum atomic E-state index is -0.736. The molecule has 1 aromatic rings. The van der Waals surface area contributed by atoms with Crippen molar-refractivity contribution in [3.8, 4) is 6.07 Å². The third-order valence-electron chi connectivity index (χ3n) is 2.14. The predicted octanol–water partition coefficient (Wildman–Crippen LogP) is 2.69. The molecule has 0 aliphatic rings. The number of hydrogen-bond acceptors (Lipinski definition) is 3. The van der Waals surface area contributed by atoms with Gasteiger partial charge in [-0.05, 0) is 17.5 Å². The van der Waals surface area contributed by atoms with E-state index in [4.69, 9.17) is 5.26 Å². The lowest BCUT2D eigenvalue weighted by Gasteiger charge is -2.18.